The van der Waals surface area contributed by atoms with Crippen LogP contribution in [0.25, 0.3) is 0 Å². The van der Waals surface area contributed by atoms with Gasteiger partial charge < -0.3 is 10.6 Å². The molecule has 0 saturated heterocycles. The first kappa shape index (κ1) is 18.6. The monoisotopic (exact) mass is 374 g/mol. The van der Waals surface area contributed by atoms with Gasteiger partial charge in [-0.2, -0.15) is 5.10 Å². The Morgan fingerprint density at radius 3 is 2.88 bits per heavy atom. The van der Waals surface area contributed by atoms with Crippen LogP contribution in [0.15, 0.2) is 23.6 Å². The molecule has 0 bridgehead atoms. The minimum Gasteiger partial charge on any atom is -0.351 e. The summed E-state index contributed by atoms with van der Waals surface area (Å²) in [6.07, 6.45) is 8.55. The molecule has 1 saturated carbocycles. The molecule has 0 aromatic carbocycles. The van der Waals surface area contributed by atoms with E-state index in [0.29, 0.717) is 30.1 Å². The SMILES string of the molecule is O=C(CCCNC(=O)c1cccs1)Nc1cc(CC2CCCCC2)[nH]n1. The lowest BCUT2D eigenvalue weighted by Gasteiger charge is -2.20. The number of anilines is 1. The molecule has 140 valence electrons. The summed E-state index contributed by atoms with van der Waals surface area (Å²) in [5.41, 5.74) is 1.09. The molecule has 6 nitrogen and oxygen atoms in total. The van der Waals surface area contributed by atoms with Crippen LogP contribution in [-0.2, 0) is 11.2 Å². The number of H-pyrrole nitrogens is 1. The molecule has 0 spiro atoms. The number of rotatable bonds is 8. The van der Waals surface area contributed by atoms with E-state index in [1.54, 1.807) is 6.07 Å². The van der Waals surface area contributed by atoms with Crippen molar-refractivity contribution in [2.75, 3.05) is 11.9 Å². The van der Waals surface area contributed by atoms with Crippen LogP contribution >= 0.6 is 11.3 Å². The summed E-state index contributed by atoms with van der Waals surface area (Å²) in [4.78, 5) is 24.5. The average Bonchev–Trinajstić information content (AvgIpc) is 3.32. The Morgan fingerprint density at radius 2 is 2.12 bits per heavy atom. The minimum atomic E-state index is -0.0833. The van der Waals surface area contributed by atoms with Gasteiger partial charge in [-0.1, -0.05) is 38.2 Å². The zero-order valence-electron chi connectivity index (χ0n) is 14.9. The van der Waals surface area contributed by atoms with Crippen LogP contribution in [0, 0.1) is 5.92 Å². The van der Waals surface area contributed by atoms with E-state index in [-0.39, 0.29) is 11.8 Å². The molecular formula is C19H26N4O2S. The molecular weight excluding hydrogens is 348 g/mol. The Morgan fingerprint density at radius 1 is 1.27 bits per heavy atom. The molecule has 26 heavy (non-hydrogen) atoms. The highest BCUT2D eigenvalue weighted by Gasteiger charge is 2.15. The largest absolute Gasteiger partial charge is 0.351 e. The first-order valence-corrected chi connectivity index (χ1v) is 10.2. The molecule has 3 rings (SSSR count). The van der Waals surface area contributed by atoms with E-state index in [1.807, 2.05) is 17.5 Å². The summed E-state index contributed by atoms with van der Waals surface area (Å²) >= 11 is 1.41. The number of hydrogen-bond donors (Lipinski definition) is 3. The van der Waals surface area contributed by atoms with E-state index in [2.05, 4.69) is 20.8 Å². The third-order valence-electron chi connectivity index (χ3n) is 4.74. The maximum Gasteiger partial charge on any atom is 0.261 e. The highest BCUT2D eigenvalue weighted by atomic mass is 32.1. The predicted molar refractivity (Wildman–Crippen MR) is 103 cm³/mol. The molecule has 0 unspecified atom stereocenters. The summed E-state index contributed by atoms with van der Waals surface area (Å²) in [6, 6.07) is 5.57. The lowest BCUT2D eigenvalue weighted by Crippen LogP contribution is -2.24. The van der Waals surface area contributed by atoms with E-state index in [9.17, 15) is 9.59 Å². The first-order valence-electron chi connectivity index (χ1n) is 9.36. The number of carbonyl (C=O) groups excluding carboxylic acids is 2. The van der Waals surface area contributed by atoms with Gasteiger partial charge in [0.15, 0.2) is 5.82 Å². The molecule has 0 aliphatic heterocycles. The van der Waals surface area contributed by atoms with Crippen LogP contribution in [0.1, 0.15) is 60.3 Å². The Kier molecular flexibility index (Phi) is 6.82. The number of hydrogen-bond acceptors (Lipinski definition) is 4. The number of amides is 2. The topological polar surface area (TPSA) is 86.9 Å². The number of aromatic amines is 1. The number of carbonyl (C=O) groups is 2. The van der Waals surface area contributed by atoms with Crippen molar-refractivity contribution in [3.05, 3.63) is 34.2 Å². The van der Waals surface area contributed by atoms with E-state index in [0.717, 1.165) is 18.0 Å². The second-order valence-corrected chi connectivity index (χ2v) is 7.82. The van der Waals surface area contributed by atoms with Crippen molar-refractivity contribution in [2.45, 2.75) is 51.4 Å². The Labute approximate surface area is 157 Å². The Hall–Kier alpha value is -2.15. The zero-order valence-corrected chi connectivity index (χ0v) is 15.7. The van der Waals surface area contributed by atoms with Crippen molar-refractivity contribution < 1.29 is 9.59 Å². The molecule has 1 aliphatic rings. The summed E-state index contributed by atoms with van der Waals surface area (Å²) in [6.45, 7) is 0.484. The highest BCUT2D eigenvalue weighted by molar-refractivity contribution is 7.12. The number of aromatic nitrogens is 2. The maximum absolute atomic E-state index is 12.0. The van der Waals surface area contributed by atoms with E-state index >= 15 is 0 Å². The van der Waals surface area contributed by atoms with Gasteiger partial charge in [-0.3, -0.25) is 14.7 Å². The highest BCUT2D eigenvalue weighted by Crippen LogP contribution is 2.26. The molecule has 2 aromatic heterocycles. The molecule has 7 heteroatoms. The summed E-state index contributed by atoms with van der Waals surface area (Å²) in [5.74, 6) is 1.16. The second-order valence-electron chi connectivity index (χ2n) is 6.87. The molecule has 1 aliphatic carbocycles. The fourth-order valence-electron chi connectivity index (χ4n) is 3.38. The molecule has 1 fully saturated rings. The van der Waals surface area contributed by atoms with E-state index < -0.39 is 0 Å². The van der Waals surface area contributed by atoms with Crippen molar-refractivity contribution in [3.63, 3.8) is 0 Å². The fourth-order valence-corrected chi connectivity index (χ4v) is 4.02. The molecule has 2 aromatic rings. The van der Waals surface area contributed by atoms with Crippen LogP contribution < -0.4 is 10.6 Å². The number of nitrogens with one attached hydrogen (secondary N) is 3. The Balaban J connectivity index is 1.33. The van der Waals surface area contributed by atoms with Gasteiger partial charge in [0, 0.05) is 24.7 Å². The van der Waals surface area contributed by atoms with Gasteiger partial charge in [0.2, 0.25) is 5.91 Å². The normalized spacial score (nSPS) is 14.9. The van der Waals surface area contributed by atoms with Crippen molar-refractivity contribution in [1.82, 2.24) is 15.5 Å². The molecule has 3 N–H and O–H groups in total. The zero-order chi connectivity index (χ0) is 18.2. The second kappa shape index (κ2) is 9.52. The quantitative estimate of drug-likeness (QED) is 0.615. The van der Waals surface area contributed by atoms with Crippen LogP contribution in [0.3, 0.4) is 0 Å². The average molecular weight is 375 g/mol. The lowest BCUT2D eigenvalue weighted by molar-refractivity contribution is -0.116. The van der Waals surface area contributed by atoms with Crippen LogP contribution in [0.2, 0.25) is 0 Å². The third-order valence-corrected chi connectivity index (χ3v) is 5.61. The van der Waals surface area contributed by atoms with Gasteiger partial charge in [0.25, 0.3) is 5.91 Å². The summed E-state index contributed by atoms with van der Waals surface area (Å²) < 4.78 is 0. The van der Waals surface area contributed by atoms with E-state index in [1.165, 1.54) is 43.4 Å². The van der Waals surface area contributed by atoms with Gasteiger partial charge in [0.1, 0.15) is 0 Å². The first-order chi connectivity index (χ1) is 12.7. The van der Waals surface area contributed by atoms with Crippen LogP contribution in [-0.4, -0.2) is 28.6 Å². The molecule has 2 amide bonds. The van der Waals surface area contributed by atoms with E-state index in [4.69, 9.17) is 0 Å². The van der Waals surface area contributed by atoms with Gasteiger partial charge in [-0.15, -0.1) is 11.3 Å². The lowest BCUT2D eigenvalue weighted by atomic mass is 9.86. The smallest absolute Gasteiger partial charge is 0.261 e. The van der Waals surface area contributed by atoms with Crippen molar-refractivity contribution >= 4 is 29.0 Å². The van der Waals surface area contributed by atoms with Crippen LogP contribution in [0.4, 0.5) is 5.82 Å². The fraction of sp³-hybridized carbons (Fsp3) is 0.526. The summed E-state index contributed by atoms with van der Waals surface area (Å²) in [5, 5.41) is 14.7. The molecule has 2 heterocycles. The van der Waals surface area contributed by atoms with Crippen LogP contribution in [0.5, 0.6) is 0 Å². The third kappa shape index (κ3) is 5.69. The number of thiophene rings is 1. The minimum absolute atomic E-state index is 0.0777. The van der Waals surface area contributed by atoms with Gasteiger partial charge >= 0.3 is 0 Å². The van der Waals surface area contributed by atoms with Crippen molar-refractivity contribution in [3.8, 4) is 0 Å². The number of nitrogens with zero attached hydrogens (tertiary/aromatic N) is 1. The standard InChI is InChI=1S/C19H26N4O2S/c24-18(9-4-10-20-19(25)16-8-5-11-26-16)21-17-13-15(22-23-17)12-14-6-2-1-3-7-14/h5,8,11,13-14H,1-4,6-7,9-10,12H2,(H,20,25)(H2,21,22,23,24). The maximum atomic E-state index is 12.0. The van der Waals surface area contributed by atoms with Gasteiger partial charge in [-0.25, -0.2) is 0 Å². The van der Waals surface area contributed by atoms with Gasteiger partial charge in [0.05, 0.1) is 4.88 Å². The molecule has 0 atom stereocenters. The van der Waals surface area contributed by atoms with Crippen molar-refractivity contribution in [2.24, 2.45) is 5.92 Å². The Bertz CT molecular complexity index is 705. The van der Waals surface area contributed by atoms with Crippen molar-refractivity contribution in [1.29, 1.82) is 0 Å². The predicted octanol–water partition coefficient (Wildman–Crippen LogP) is 3.74. The molecule has 0 radical (unpaired) electrons. The van der Waals surface area contributed by atoms with Gasteiger partial charge in [-0.05, 0) is 30.2 Å². The summed E-state index contributed by atoms with van der Waals surface area (Å²) in [7, 11) is 0.